The van der Waals surface area contributed by atoms with Gasteiger partial charge in [0.25, 0.3) is 0 Å². The number of rotatable bonds is 2. The predicted octanol–water partition coefficient (Wildman–Crippen LogP) is 5.62. The molecule has 0 bridgehead atoms. The molecule has 1 aliphatic carbocycles. The van der Waals surface area contributed by atoms with E-state index in [2.05, 4.69) is 55.2 Å². The van der Waals surface area contributed by atoms with Crippen LogP contribution >= 0.6 is 0 Å². The molecular weight excluding hydrogens is 362 g/mol. The number of aromatic nitrogens is 1. The Labute approximate surface area is 168 Å². The molecule has 29 heavy (non-hydrogen) atoms. The van der Waals surface area contributed by atoms with Crippen LogP contribution in [0.25, 0.3) is 33.3 Å². The normalized spacial score (nSPS) is 12.6. The van der Waals surface area contributed by atoms with Gasteiger partial charge in [-0.1, -0.05) is 24.3 Å². The van der Waals surface area contributed by atoms with E-state index >= 15 is 0 Å². The highest BCUT2D eigenvalue weighted by molar-refractivity contribution is 5.97. The summed E-state index contributed by atoms with van der Waals surface area (Å²) in [5, 5.41) is 20.7. The van der Waals surface area contributed by atoms with Crippen LogP contribution in [0.15, 0.2) is 48.5 Å². The van der Waals surface area contributed by atoms with Crippen molar-refractivity contribution in [1.82, 2.24) is 4.98 Å². The number of hydrogen-bond acceptors (Lipinski definition) is 2. The Morgan fingerprint density at radius 1 is 1.00 bits per heavy atom. The van der Waals surface area contributed by atoms with Crippen LogP contribution < -0.4 is 0 Å². The molecule has 0 fully saturated rings. The van der Waals surface area contributed by atoms with Gasteiger partial charge in [0.15, 0.2) is 0 Å². The summed E-state index contributed by atoms with van der Waals surface area (Å²) >= 11 is 0. The van der Waals surface area contributed by atoms with E-state index in [0.717, 1.165) is 35.2 Å². The standard InChI is InChI=1S/C25H21NO3/c1-13-4-3-5-14(2)23(13)16-7-9-21-19(11-16)17-8-6-15-10-20(25(28)29)22(27)12-18(15)24(17)26-21/h3-5,7,9-12,26-27H,6,8H2,1-2H3,(H,28,29). The molecule has 1 aromatic heterocycles. The van der Waals surface area contributed by atoms with Crippen LogP contribution in [0.2, 0.25) is 0 Å². The zero-order chi connectivity index (χ0) is 20.3. The summed E-state index contributed by atoms with van der Waals surface area (Å²) in [7, 11) is 0. The first kappa shape index (κ1) is 17.6. The van der Waals surface area contributed by atoms with E-state index in [1.54, 1.807) is 12.1 Å². The second-order valence-corrected chi connectivity index (χ2v) is 7.84. The third-order valence-corrected chi connectivity index (χ3v) is 6.04. The topological polar surface area (TPSA) is 73.3 Å². The van der Waals surface area contributed by atoms with Crippen LogP contribution in [-0.2, 0) is 12.8 Å². The summed E-state index contributed by atoms with van der Waals surface area (Å²) in [6.45, 7) is 4.27. The minimum absolute atomic E-state index is 0.0411. The fourth-order valence-corrected chi connectivity index (χ4v) is 4.67. The summed E-state index contributed by atoms with van der Waals surface area (Å²) in [5.41, 5.74) is 10.0. The fraction of sp³-hybridized carbons (Fsp3) is 0.160. The number of benzene rings is 3. The summed E-state index contributed by atoms with van der Waals surface area (Å²) in [6.07, 6.45) is 1.59. The third-order valence-electron chi connectivity index (χ3n) is 6.04. The van der Waals surface area contributed by atoms with E-state index in [-0.39, 0.29) is 11.3 Å². The van der Waals surface area contributed by atoms with Gasteiger partial charge in [0.1, 0.15) is 11.3 Å². The molecule has 1 heterocycles. The number of phenols is 1. The number of aryl methyl sites for hydroxylation is 4. The Kier molecular flexibility index (Phi) is 3.78. The van der Waals surface area contributed by atoms with Crippen LogP contribution in [0.5, 0.6) is 5.75 Å². The quantitative estimate of drug-likeness (QED) is 0.420. The number of carboxylic acid groups (broad SMARTS) is 1. The summed E-state index contributed by atoms with van der Waals surface area (Å²) in [5.74, 6) is -1.30. The van der Waals surface area contributed by atoms with Crippen molar-refractivity contribution in [3.8, 4) is 28.1 Å². The maximum atomic E-state index is 11.4. The van der Waals surface area contributed by atoms with E-state index in [4.69, 9.17) is 0 Å². The Morgan fingerprint density at radius 3 is 2.48 bits per heavy atom. The van der Waals surface area contributed by atoms with Gasteiger partial charge < -0.3 is 15.2 Å². The van der Waals surface area contributed by atoms with Gasteiger partial charge in [-0.25, -0.2) is 4.79 Å². The number of hydrogen-bond donors (Lipinski definition) is 3. The first-order chi connectivity index (χ1) is 13.9. The van der Waals surface area contributed by atoms with Crippen molar-refractivity contribution >= 4 is 16.9 Å². The van der Waals surface area contributed by atoms with Gasteiger partial charge >= 0.3 is 5.97 Å². The van der Waals surface area contributed by atoms with E-state index in [1.165, 1.54) is 33.2 Å². The molecule has 0 unspecified atom stereocenters. The summed E-state index contributed by atoms with van der Waals surface area (Å²) in [4.78, 5) is 14.9. The monoisotopic (exact) mass is 383 g/mol. The molecule has 0 saturated carbocycles. The number of aromatic carboxylic acids is 1. The molecule has 0 radical (unpaired) electrons. The van der Waals surface area contributed by atoms with Gasteiger partial charge in [-0.3, -0.25) is 0 Å². The molecule has 144 valence electrons. The summed E-state index contributed by atoms with van der Waals surface area (Å²) in [6, 6.07) is 16.0. The van der Waals surface area contributed by atoms with Gasteiger partial charge in [-0.05, 0) is 84.3 Å². The number of aromatic amines is 1. The van der Waals surface area contributed by atoms with Gasteiger partial charge in [-0.15, -0.1) is 0 Å². The molecular formula is C25H21NO3. The van der Waals surface area contributed by atoms with Crippen LogP contribution in [0.3, 0.4) is 0 Å². The SMILES string of the molecule is Cc1cccc(C)c1-c1ccc2[nH]c3c(c2c1)CCc1cc(C(=O)O)c(O)cc1-3. The predicted molar refractivity (Wildman–Crippen MR) is 115 cm³/mol. The third kappa shape index (κ3) is 2.64. The zero-order valence-corrected chi connectivity index (χ0v) is 16.3. The van der Waals surface area contributed by atoms with E-state index in [0.29, 0.717) is 0 Å². The number of fused-ring (bicyclic) bond motifs is 5. The van der Waals surface area contributed by atoms with Crippen LogP contribution in [0.4, 0.5) is 0 Å². The Balaban J connectivity index is 1.71. The molecule has 3 aromatic carbocycles. The Bertz CT molecular complexity index is 1290. The van der Waals surface area contributed by atoms with E-state index in [9.17, 15) is 15.0 Å². The van der Waals surface area contributed by atoms with Crippen molar-refractivity contribution in [3.05, 3.63) is 76.3 Å². The molecule has 0 saturated heterocycles. The molecule has 4 nitrogen and oxygen atoms in total. The lowest BCUT2D eigenvalue weighted by atomic mass is 9.87. The van der Waals surface area contributed by atoms with Gasteiger partial charge in [0.2, 0.25) is 0 Å². The maximum absolute atomic E-state index is 11.4. The second-order valence-electron chi connectivity index (χ2n) is 7.84. The number of nitrogens with one attached hydrogen (secondary N) is 1. The average molecular weight is 383 g/mol. The van der Waals surface area contributed by atoms with Crippen LogP contribution in [0.1, 0.15) is 32.6 Å². The van der Waals surface area contributed by atoms with Crippen molar-refractivity contribution in [2.45, 2.75) is 26.7 Å². The van der Waals surface area contributed by atoms with Crippen molar-refractivity contribution < 1.29 is 15.0 Å². The lowest BCUT2D eigenvalue weighted by Crippen LogP contribution is -2.06. The second kappa shape index (κ2) is 6.24. The van der Waals surface area contributed by atoms with E-state index in [1.807, 2.05) is 0 Å². The van der Waals surface area contributed by atoms with Gasteiger partial charge in [-0.2, -0.15) is 0 Å². The molecule has 4 aromatic rings. The lowest BCUT2D eigenvalue weighted by molar-refractivity contribution is 0.0693. The fourth-order valence-electron chi connectivity index (χ4n) is 4.67. The molecule has 0 amide bonds. The number of carboxylic acids is 1. The van der Waals surface area contributed by atoms with Crippen molar-refractivity contribution in [3.63, 3.8) is 0 Å². The Hall–Kier alpha value is -3.53. The van der Waals surface area contributed by atoms with Gasteiger partial charge in [0, 0.05) is 16.5 Å². The highest BCUT2D eigenvalue weighted by atomic mass is 16.4. The highest BCUT2D eigenvalue weighted by Crippen LogP contribution is 2.41. The average Bonchev–Trinajstić information content (AvgIpc) is 3.06. The number of H-pyrrole nitrogens is 1. The summed E-state index contributed by atoms with van der Waals surface area (Å²) < 4.78 is 0. The lowest BCUT2D eigenvalue weighted by Gasteiger charge is -2.18. The van der Waals surface area contributed by atoms with Crippen LogP contribution in [-0.4, -0.2) is 21.2 Å². The minimum Gasteiger partial charge on any atom is -0.507 e. The van der Waals surface area contributed by atoms with Crippen molar-refractivity contribution in [2.24, 2.45) is 0 Å². The molecule has 4 heteroatoms. The smallest absolute Gasteiger partial charge is 0.339 e. The molecule has 0 atom stereocenters. The largest absolute Gasteiger partial charge is 0.507 e. The van der Waals surface area contributed by atoms with Crippen LogP contribution in [0, 0.1) is 13.8 Å². The first-order valence-electron chi connectivity index (χ1n) is 9.75. The first-order valence-corrected chi connectivity index (χ1v) is 9.75. The highest BCUT2D eigenvalue weighted by Gasteiger charge is 2.24. The van der Waals surface area contributed by atoms with Gasteiger partial charge in [0.05, 0.1) is 5.69 Å². The van der Waals surface area contributed by atoms with Crippen molar-refractivity contribution in [2.75, 3.05) is 0 Å². The van der Waals surface area contributed by atoms with Crippen molar-refractivity contribution in [1.29, 1.82) is 0 Å². The molecule has 1 aliphatic rings. The molecule has 5 rings (SSSR count). The molecule has 0 spiro atoms. The minimum atomic E-state index is -1.11. The Morgan fingerprint density at radius 2 is 1.76 bits per heavy atom. The maximum Gasteiger partial charge on any atom is 0.339 e. The number of carbonyl (C=O) groups is 1. The number of aromatic hydroxyl groups is 1. The van der Waals surface area contributed by atoms with E-state index < -0.39 is 5.97 Å². The molecule has 0 aliphatic heterocycles. The zero-order valence-electron chi connectivity index (χ0n) is 16.3. The molecule has 3 N–H and O–H groups in total.